The van der Waals surface area contributed by atoms with E-state index in [4.69, 9.17) is 27.6 Å². The normalized spacial score (nSPS) is 11.6. The number of nitrogens with zero attached hydrogens (tertiary/aromatic N) is 2. The monoisotopic (exact) mass is 424 g/mol. The van der Waals surface area contributed by atoms with Crippen LogP contribution in [0.15, 0.2) is 51.9 Å². The Morgan fingerprint density at radius 1 is 1.07 bits per heavy atom. The van der Waals surface area contributed by atoms with Crippen molar-refractivity contribution < 1.29 is 9.52 Å². The second kappa shape index (κ2) is 7.54. The van der Waals surface area contributed by atoms with E-state index >= 15 is 0 Å². The van der Waals surface area contributed by atoms with E-state index < -0.39 is 0 Å². The predicted molar refractivity (Wildman–Crippen MR) is 119 cm³/mol. The number of phenolic OH excluding ortho intramolecular Hbond substituents is 1. The third-order valence-electron chi connectivity index (χ3n) is 4.76. The van der Waals surface area contributed by atoms with Crippen molar-refractivity contribution in [3.05, 3.63) is 74.8 Å². The second-order valence-electron chi connectivity index (χ2n) is 6.98. The maximum atomic E-state index is 10.1. The van der Waals surface area contributed by atoms with E-state index in [1.54, 1.807) is 12.3 Å². The molecule has 4 rings (SSSR count). The Morgan fingerprint density at radius 3 is 2.66 bits per heavy atom. The van der Waals surface area contributed by atoms with Crippen LogP contribution in [0.3, 0.4) is 0 Å². The van der Waals surface area contributed by atoms with Crippen LogP contribution in [0.5, 0.6) is 5.75 Å². The van der Waals surface area contributed by atoms with Crippen molar-refractivity contribution in [1.29, 1.82) is 0 Å². The van der Waals surface area contributed by atoms with E-state index in [0.717, 1.165) is 39.0 Å². The summed E-state index contributed by atoms with van der Waals surface area (Å²) < 4.78 is 6.05. The molecule has 0 unspecified atom stereocenters. The summed E-state index contributed by atoms with van der Waals surface area (Å²) in [7, 11) is 0. The number of fused-ring (bicyclic) bond motifs is 1. The summed E-state index contributed by atoms with van der Waals surface area (Å²) in [5.74, 6) is 0.496. The maximum Gasteiger partial charge on any atom is 0.227 e. The summed E-state index contributed by atoms with van der Waals surface area (Å²) >= 11 is 12.0. The highest BCUT2D eigenvalue weighted by molar-refractivity contribution is 6.36. The van der Waals surface area contributed by atoms with Crippen LogP contribution in [0.1, 0.15) is 22.3 Å². The van der Waals surface area contributed by atoms with Crippen LogP contribution in [-0.4, -0.2) is 16.3 Å². The Morgan fingerprint density at radius 2 is 1.86 bits per heavy atom. The standard InChI is InChI=1S/C23H18Cl2N2O2/c1-12-7-13(2)22-20(8-12)27-23(29-22)17-5-4-6-19(14(17)3)26-11-15-9-16(24)10-18(25)21(15)28/h4-11,28H,1-3H3. The predicted octanol–water partition coefficient (Wildman–Crippen LogP) is 7.18. The minimum Gasteiger partial charge on any atom is -0.506 e. The zero-order valence-corrected chi connectivity index (χ0v) is 17.6. The quantitative estimate of drug-likeness (QED) is 0.354. The molecule has 0 spiro atoms. The van der Waals surface area contributed by atoms with E-state index in [2.05, 4.69) is 16.0 Å². The number of rotatable bonds is 3. The lowest BCUT2D eigenvalue weighted by Crippen LogP contribution is -1.87. The Bertz CT molecular complexity index is 1280. The molecule has 1 heterocycles. The van der Waals surface area contributed by atoms with Gasteiger partial charge in [-0.3, -0.25) is 4.99 Å². The summed E-state index contributed by atoms with van der Waals surface area (Å²) in [6.07, 6.45) is 1.54. The fourth-order valence-electron chi connectivity index (χ4n) is 3.31. The average molecular weight is 425 g/mol. The minimum absolute atomic E-state index is 0.0570. The first kappa shape index (κ1) is 19.5. The maximum absolute atomic E-state index is 10.1. The Balaban J connectivity index is 1.76. The first-order valence-corrected chi connectivity index (χ1v) is 9.79. The number of hydrogen-bond donors (Lipinski definition) is 1. The Labute approximate surface area is 178 Å². The van der Waals surface area contributed by atoms with Crippen molar-refractivity contribution in [2.24, 2.45) is 4.99 Å². The van der Waals surface area contributed by atoms with Gasteiger partial charge in [-0.2, -0.15) is 0 Å². The van der Waals surface area contributed by atoms with Crippen molar-refractivity contribution in [2.45, 2.75) is 20.8 Å². The number of phenols is 1. The van der Waals surface area contributed by atoms with Crippen LogP contribution in [0.4, 0.5) is 5.69 Å². The van der Waals surface area contributed by atoms with E-state index in [9.17, 15) is 5.11 Å². The fourth-order valence-corrected chi connectivity index (χ4v) is 3.82. The van der Waals surface area contributed by atoms with Gasteiger partial charge < -0.3 is 9.52 Å². The van der Waals surface area contributed by atoms with Gasteiger partial charge in [-0.05, 0) is 67.8 Å². The van der Waals surface area contributed by atoms with Gasteiger partial charge in [0.05, 0.1) is 10.7 Å². The van der Waals surface area contributed by atoms with Gasteiger partial charge >= 0.3 is 0 Å². The third-order valence-corrected chi connectivity index (χ3v) is 5.26. The van der Waals surface area contributed by atoms with Gasteiger partial charge in [0.1, 0.15) is 11.3 Å². The van der Waals surface area contributed by atoms with Crippen LogP contribution < -0.4 is 0 Å². The van der Waals surface area contributed by atoms with Crippen molar-refractivity contribution in [3.8, 4) is 17.2 Å². The smallest absolute Gasteiger partial charge is 0.227 e. The SMILES string of the molecule is Cc1cc(C)c2oc(-c3cccc(N=Cc4cc(Cl)cc(Cl)c4O)c3C)nc2c1. The number of aromatic hydroxyl groups is 1. The van der Waals surface area contributed by atoms with Crippen molar-refractivity contribution in [2.75, 3.05) is 0 Å². The number of aromatic nitrogens is 1. The number of hydrogen-bond acceptors (Lipinski definition) is 4. The van der Waals surface area contributed by atoms with Gasteiger partial charge in [-0.15, -0.1) is 0 Å². The van der Waals surface area contributed by atoms with Crippen LogP contribution in [0, 0.1) is 20.8 Å². The topological polar surface area (TPSA) is 58.6 Å². The molecule has 1 N–H and O–H groups in total. The lowest BCUT2D eigenvalue weighted by Gasteiger charge is -2.06. The van der Waals surface area contributed by atoms with Gasteiger partial charge in [0.25, 0.3) is 0 Å². The van der Waals surface area contributed by atoms with E-state index in [1.165, 1.54) is 6.07 Å². The van der Waals surface area contributed by atoms with Crippen molar-refractivity contribution in [3.63, 3.8) is 0 Å². The summed E-state index contributed by atoms with van der Waals surface area (Å²) in [6.45, 7) is 6.01. The van der Waals surface area contributed by atoms with Gasteiger partial charge in [0.2, 0.25) is 5.89 Å². The third kappa shape index (κ3) is 3.74. The summed E-state index contributed by atoms with van der Waals surface area (Å²) in [5, 5.41) is 10.7. The molecule has 4 aromatic rings. The van der Waals surface area contributed by atoms with Gasteiger partial charge in [-0.1, -0.05) is 35.3 Å². The minimum atomic E-state index is -0.0570. The van der Waals surface area contributed by atoms with Crippen molar-refractivity contribution >= 4 is 46.2 Å². The molecule has 6 heteroatoms. The van der Waals surface area contributed by atoms with Gasteiger partial charge in [0, 0.05) is 22.4 Å². The lowest BCUT2D eigenvalue weighted by molar-refractivity contribution is 0.475. The van der Waals surface area contributed by atoms with E-state index in [-0.39, 0.29) is 10.8 Å². The molecule has 4 nitrogen and oxygen atoms in total. The number of aryl methyl sites for hydroxylation is 2. The van der Waals surface area contributed by atoms with Gasteiger partial charge in [0.15, 0.2) is 5.58 Å². The van der Waals surface area contributed by atoms with Crippen LogP contribution in [0.2, 0.25) is 10.0 Å². The summed E-state index contributed by atoms with van der Waals surface area (Å²) in [5.41, 5.74) is 6.78. The first-order chi connectivity index (χ1) is 13.8. The highest BCUT2D eigenvalue weighted by atomic mass is 35.5. The highest BCUT2D eigenvalue weighted by Crippen LogP contribution is 2.34. The summed E-state index contributed by atoms with van der Waals surface area (Å²) in [4.78, 5) is 9.19. The molecule has 0 saturated heterocycles. The molecule has 1 aromatic heterocycles. The largest absolute Gasteiger partial charge is 0.506 e. The molecule has 0 amide bonds. The first-order valence-electron chi connectivity index (χ1n) is 9.03. The molecule has 0 fully saturated rings. The zero-order valence-electron chi connectivity index (χ0n) is 16.1. The molecule has 0 saturated carbocycles. The Kier molecular flexibility index (Phi) is 5.07. The molecule has 29 heavy (non-hydrogen) atoms. The number of benzene rings is 3. The molecule has 3 aromatic carbocycles. The summed E-state index contributed by atoms with van der Waals surface area (Å²) in [6, 6.07) is 12.9. The van der Waals surface area contributed by atoms with Gasteiger partial charge in [-0.25, -0.2) is 4.98 Å². The van der Waals surface area contributed by atoms with Crippen LogP contribution >= 0.6 is 23.2 Å². The molecular formula is C23H18Cl2N2O2. The average Bonchev–Trinajstić information content (AvgIpc) is 3.08. The van der Waals surface area contributed by atoms with Crippen LogP contribution in [-0.2, 0) is 0 Å². The molecule has 0 aliphatic carbocycles. The van der Waals surface area contributed by atoms with E-state index in [0.29, 0.717) is 16.5 Å². The van der Waals surface area contributed by atoms with E-state index in [1.807, 2.05) is 45.0 Å². The second-order valence-corrected chi connectivity index (χ2v) is 7.83. The van der Waals surface area contributed by atoms with Crippen LogP contribution in [0.25, 0.3) is 22.6 Å². The zero-order chi connectivity index (χ0) is 20.7. The molecule has 0 bridgehead atoms. The molecular weight excluding hydrogens is 407 g/mol. The molecule has 0 radical (unpaired) electrons. The number of aliphatic imine (C=N–C) groups is 1. The molecule has 146 valence electrons. The lowest BCUT2D eigenvalue weighted by atomic mass is 10.1. The number of halogens is 2. The molecule has 0 aliphatic rings. The Hall–Kier alpha value is -2.82. The highest BCUT2D eigenvalue weighted by Gasteiger charge is 2.14. The van der Waals surface area contributed by atoms with Crippen molar-refractivity contribution in [1.82, 2.24) is 4.98 Å². The number of oxazole rings is 1. The molecule has 0 atom stereocenters. The molecule has 0 aliphatic heterocycles. The fraction of sp³-hybridized carbons (Fsp3) is 0.130.